The minimum absolute atomic E-state index is 0. The van der Waals surface area contributed by atoms with E-state index in [9.17, 15) is 0 Å². The van der Waals surface area contributed by atoms with Crippen LogP contribution in [0.1, 0.15) is 0 Å². The smallest absolute Gasteiger partial charge is 0.537 e. The Morgan fingerprint density at radius 1 is 1.36 bits per heavy atom. The van der Waals surface area contributed by atoms with Gasteiger partial charge in [0.2, 0.25) is 0 Å². The molecule has 0 saturated carbocycles. The molecule has 0 aliphatic heterocycles. The zero-order chi connectivity index (χ0) is 7.40. The molecular formula is C6H7CuN2O2. The van der Waals surface area contributed by atoms with Crippen LogP contribution in [0.4, 0.5) is 0 Å². The van der Waals surface area contributed by atoms with Crippen LogP contribution >= 0.6 is 0 Å². The predicted molar refractivity (Wildman–Crippen MR) is 34.0 cm³/mol. The van der Waals surface area contributed by atoms with Crippen molar-refractivity contribution < 1.29 is 26.5 Å². The predicted octanol–water partition coefficient (Wildman–Crippen LogP) is 0.291. The fraction of sp³-hybridized carbons (Fsp3) is 0.333. The Kier molecular flexibility index (Phi) is 4.57. The maximum atomic E-state index is 4.79. The fourth-order valence-corrected chi connectivity index (χ4v) is 0.490. The topological polar surface area (TPSA) is 44.2 Å². The third kappa shape index (κ3) is 2.74. The zero-order valence-corrected chi connectivity index (χ0v) is 7.03. The van der Waals surface area contributed by atoms with Gasteiger partial charge in [0.15, 0.2) is 6.01 Å². The molecule has 1 heterocycles. The van der Waals surface area contributed by atoms with Crippen molar-refractivity contribution in [2.75, 3.05) is 14.2 Å². The summed E-state index contributed by atoms with van der Waals surface area (Å²) >= 11 is 0. The van der Waals surface area contributed by atoms with Crippen LogP contribution in [0.15, 0.2) is 6.07 Å². The van der Waals surface area contributed by atoms with Crippen LogP contribution in [-0.2, 0) is 17.1 Å². The third-order valence-corrected chi connectivity index (χ3v) is 0.946. The molecule has 1 rings (SSSR count). The second-order valence-electron chi connectivity index (χ2n) is 1.53. The molecule has 0 unspecified atom stereocenters. The molecule has 0 bridgehead atoms. The maximum absolute atomic E-state index is 4.79. The van der Waals surface area contributed by atoms with Gasteiger partial charge in [-0.15, -0.1) is 0 Å². The van der Waals surface area contributed by atoms with E-state index < -0.39 is 0 Å². The van der Waals surface area contributed by atoms with Crippen LogP contribution in [0.2, 0.25) is 0 Å². The Hall–Kier alpha value is -0.801. The van der Waals surface area contributed by atoms with Gasteiger partial charge in [0, 0.05) is 0 Å². The summed E-state index contributed by atoms with van der Waals surface area (Å²) in [6, 6.07) is 1.79. The molecule has 0 aliphatic rings. The number of methoxy groups -OCH3 is 2. The van der Waals surface area contributed by atoms with Gasteiger partial charge in [-0.25, -0.2) is 0 Å². The fourth-order valence-electron chi connectivity index (χ4n) is 0.490. The van der Waals surface area contributed by atoms with E-state index >= 15 is 0 Å². The molecule has 0 atom stereocenters. The third-order valence-electron chi connectivity index (χ3n) is 0.946. The molecule has 0 spiro atoms. The molecule has 0 radical (unpaired) electrons. The van der Waals surface area contributed by atoms with Crippen LogP contribution in [0.5, 0.6) is 11.9 Å². The van der Waals surface area contributed by atoms with Crippen LogP contribution in [0.25, 0.3) is 0 Å². The summed E-state index contributed by atoms with van der Waals surface area (Å²) < 4.78 is 9.52. The van der Waals surface area contributed by atoms with Gasteiger partial charge in [-0.05, 0) is 0 Å². The van der Waals surface area contributed by atoms with Gasteiger partial charge in [0.25, 0.3) is 0 Å². The molecule has 1 aromatic heterocycles. The zero-order valence-electron chi connectivity index (χ0n) is 6.09. The number of hydrogen-bond donors (Lipinski definition) is 0. The number of nitrogens with zero attached hydrogens (tertiary/aromatic N) is 2. The molecular weight excluding hydrogens is 196 g/mol. The minimum Gasteiger partial charge on any atom is -0.537 e. The molecule has 64 valence electrons. The Balaban J connectivity index is 0.000001000. The molecule has 0 amide bonds. The van der Waals surface area contributed by atoms with Gasteiger partial charge in [0.1, 0.15) is 5.88 Å². The van der Waals surface area contributed by atoms with Crippen LogP contribution in [0, 0.1) is 6.20 Å². The van der Waals surface area contributed by atoms with Gasteiger partial charge < -0.3 is 14.5 Å². The standard InChI is InChI=1S/C6H7N2O2.Cu/c1-9-5-3-4-7-6(8-5)10-2;/h3H,1-2H3;/q-1;+1. The quantitative estimate of drug-likeness (QED) is 0.511. The van der Waals surface area contributed by atoms with E-state index in [0.29, 0.717) is 5.88 Å². The van der Waals surface area contributed by atoms with Gasteiger partial charge in [0.05, 0.1) is 14.2 Å². The Bertz CT molecular complexity index is 200. The van der Waals surface area contributed by atoms with Crippen LogP contribution in [0.3, 0.4) is 0 Å². The number of hydrogen-bond acceptors (Lipinski definition) is 4. The summed E-state index contributed by atoms with van der Waals surface area (Å²) in [7, 11) is 3.01. The normalized spacial score (nSPS) is 8.18. The van der Waals surface area contributed by atoms with Crippen molar-refractivity contribution in [1.29, 1.82) is 0 Å². The minimum atomic E-state index is 0. The van der Waals surface area contributed by atoms with Crippen molar-refractivity contribution in [2.45, 2.75) is 0 Å². The molecule has 5 heteroatoms. The Labute approximate surface area is 75.4 Å². The monoisotopic (exact) mass is 202 g/mol. The van der Waals surface area contributed by atoms with E-state index in [0.717, 1.165) is 0 Å². The number of rotatable bonds is 2. The molecule has 0 fully saturated rings. The summed E-state index contributed by atoms with van der Waals surface area (Å²) in [6.07, 6.45) is 2.57. The molecule has 4 nitrogen and oxygen atoms in total. The van der Waals surface area contributed by atoms with E-state index in [4.69, 9.17) is 9.47 Å². The van der Waals surface area contributed by atoms with Crippen LogP contribution < -0.4 is 9.47 Å². The first-order valence-electron chi connectivity index (χ1n) is 2.70. The first-order valence-corrected chi connectivity index (χ1v) is 2.70. The Morgan fingerprint density at radius 3 is 2.64 bits per heavy atom. The largest absolute Gasteiger partial charge is 1.00 e. The first kappa shape index (κ1) is 10.2. The average Bonchev–Trinajstić information content (AvgIpc) is 2.05. The summed E-state index contributed by atoms with van der Waals surface area (Å²) in [4.78, 5) is 7.49. The maximum Gasteiger partial charge on any atom is 1.00 e. The first-order chi connectivity index (χ1) is 4.86. The molecule has 11 heavy (non-hydrogen) atoms. The second kappa shape index (κ2) is 4.93. The molecule has 0 N–H and O–H groups in total. The van der Waals surface area contributed by atoms with E-state index in [2.05, 4.69) is 16.2 Å². The van der Waals surface area contributed by atoms with E-state index in [1.807, 2.05) is 0 Å². The molecule has 0 aromatic carbocycles. The van der Waals surface area contributed by atoms with E-state index in [1.165, 1.54) is 20.3 Å². The SMILES string of the molecule is COc1c[c-]nc(OC)n1.[Cu+]. The van der Waals surface area contributed by atoms with Gasteiger partial charge in [-0.3, -0.25) is 4.98 Å². The van der Waals surface area contributed by atoms with Gasteiger partial charge in [-0.2, -0.15) is 0 Å². The Morgan fingerprint density at radius 2 is 2.09 bits per heavy atom. The summed E-state index contributed by atoms with van der Waals surface area (Å²) in [5, 5.41) is 0. The number of ether oxygens (including phenoxy) is 2. The van der Waals surface area contributed by atoms with Crippen molar-refractivity contribution in [3.8, 4) is 11.9 Å². The van der Waals surface area contributed by atoms with Gasteiger partial charge >= 0.3 is 17.1 Å². The second-order valence-corrected chi connectivity index (χ2v) is 1.53. The summed E-state index contributed by atoms with van der Waals surface area (Å²) in [6.45, 7) is 0. The number of aromatic nitrogens is 2. The van der Waals surface area contributed by atoms with Crippen molar-refractivity contribution in [1.82, 2.24) is 9.97 Å². The van der Waals surface area contributed by atoms with Crippen molar-refractivity contribution >= 4 is 0 Å². The molecule has 0 aliphatic carbocycles. The van der Waals surface area contributed by atoms with Crippen molar-refractivity contribution in [3.05, 3.63) is 12.3 Å². The molecule has 1 aromatic rings. The van der Waals surface area contributed by atoms with E-state index in [-0.39, 0.29) is 23.1 Å². The van der Waals surface area contributed by atoms with Crippen molar-refractivity contribution in [3.63, 3.8) is 0 Å². The molecule has 0 saturated heterocycles. The summed E-state index contributed by atoms with van der Waals surface area (Å²) in [5.41, 5.74) is 0. The summed E-state index contributed by atoms with van der Waals surface area (Å²) in [5.74, 6) is 0.451. The average molecular weight is 203 g/mol. The van der Waals surface area contributed by atoms with Crippen molar-refractivity contribution in [2.24, 2.45) is 0 Å². The van der Waals surface area contributed by atoms with Crippen LogP contribution in [-0.4, -0.2) is 24.2 Å². The van der Waals surface area contributed by atoms with Gasteiger partial charge in [-0.1, -0.05) is 12.3 Å². The van der Waals surface area contributed by atoms with E-state index in [1.54, 1.807) is 0 Å².